The molecule has 1 aromatic carbocycles. The van der Waals surface area contributed by atoms with E-state index in [1.54, 1.807) is 43.9 Å². The van der Waals surface area contributed by atoms with Gasteiger partial charge in [-0.3, -0.25) is 4.68 Å². The van der Waals surface area contributed by atoms with Crippen molar-refractivity contribution in [1.82, 2.24) is 15.1 Å². The summed E-state index contributed by atoms with van der Waals surface area (Å²) in [4.78, 5) is 11.5. The summed E-state index contributed by atoms with van der Waals surface area (Å²) in [7, 11) is 0. The normalized spacial score (nSPS) is 11.3. The van der Waals surface area contributed by atoms with E-state index in [4.69, 9.17) is 4.74 Å². The summed E-state index contributed by atoms with van der Waals surface area (Å²) in [5.41, 5.74) is 0.805. The van der Waals surface area contributed by atoms with Crippen LogP contribution in [0.5, 0.6) is 5.75 Å². The van der Waals surface area contributed by atoms with Crippen LogP contribution < -0.4 is 5.32 Å². The number of nitrogens with zero attached hydrogens (tertiary/aromatic N) is 2. The summed E-state index contributed by atoms with van der Waals surface area (Å²) < 4.78 is 20.1. The Balaban J connectivity index is 1.90. The number of ether oxygens (including phenoxy) is 1. The molecule has 1 heterocycles. The van der Waals surface area contributed by atoms with Crippen molar-refractivity contribution in [1.29, 1.82) is 0 Å². The maximum Gasteiger partial charge on any atom is 0.407 e. The van der Waals surface area contributed by atoms with Crippen molar-refractivity contribution < 1.29 is 19.0 Å². The van der Waals surface area contributed by atoms with Crippen molar-refractivity contribution in [3.63, 3.8) is 0 Å². The highest BCUT2D eigenvalue weighted by Gasteiger charge is 2.15. The number of alkyl carbamates (subject to hydrolysis) is 1. The van der Waals surface area contributed by atoms with Gasteiger partial charge < -0.3 is 15.2 Å². The zero-order valence-corrected chi connectivity index (χ0v) is 13.3. The molecule has 23 heavy (non-hydrogen) atoms. The van der Waals surface area contributed by atoms with Crippen molar-refractivity contribution in [2.45, 2.75) is 32.9 Å². The van der Waals surface area contributed by atoms with Crippen LogP contribution in [0.25, 0.3) is 11.1 Å². The van der Waals surface area contributed by atoms with Crippen molar-refractivity contribution in [3.05, 3.63) is 36.4 Å². The van der Waals surface area contributed by atoms with E-state index >= 15 is 0 Å². The molecule has 1 aromatic heterocycles. The van der Waals surface area contributed by atoms with Crippen LogP contribution in [0.3, 0.4) is 0 Å². The van der Waals surface area contributed by atoms with Gasteiger partial charge in [0.05, 0.1) is 12.7 Å². The van der Waals surface area contributed by atoms with Gasteiger partial charge in [-0.1, -0.05) is 6.07 Å². The van der Waals surface area contributed by atoms with Gasteiger partial charge in [0.2, 0.25) is 0 Å². The van der Waals surface area contributed by atoms with E-state index in [2.05, 4.69) is 10.4 Å². The standard InChI is InChI=1S/C16H20FN3O3/c1-16(2,3)23-15(22)18-6-7-20-10-12(9-19-20)11-4-5-14(21)13(17)8-11/h4-5,8-10,21H,6-7H2,1-3H3,(H,18,22). The predicted octanol–water partition coefficient (Wildman–Crippen LogP) is 2.92. The predicted molar refractivity (Wildman–Crippen MR) is 83.5 cm³/mol. The lowest BCUT2D eigenvalue weighted by Crippen LogP contribution is -2.34. The Morgan fingerprint density at radius 3 is 2.78 bits per heavy atom. The van der Waals surface area contributed by atoms with Gasteiger partial charge in [-0.15, -0.1) is 0 Å². The van der Waals surface area contributed by atoms with Crippen molar-refractivity contribution in [3.8, 4) is 16.9 Å². The number of phenolic OH excluding ortho intramolecular Hbond substituents is 1. The molecular formula is C16H20FN3O3. The highest BCUT2D eigenvalue weighted by molar-refractivity contribution is 5.67. The van der Waals surface area contributed by atoms with Gasteiger partial charge in [-0.05, 0) is 38.5 Å². The molecule has 0 unspecified atom stereocenters. The van der Waals surface area contributed by atoms with Crippen molar-refractivity contribution >= 4 is 6.09 Å². The lowest BCUT2D eigenvalue weighted by atomic mass is 10.1. The number of aromatic nitrogens is 2. The van der Waals surface area contributed by atoms with Crippen molar-refractivity contribution in [2.75, 3.05) is 6.54 Å². The highest BCUT2D eigenvalue weighted by Crippen LogP contribution is 2.24. The molecular weight excluding hydrogens is 301 g/mol. The molecule has 0 saturated heterocycles. The number of carbonyl (C=O) groups is 1. The van der Waals surface area contributed by atoms with Gasteiger partial charge in [0.15, 0.2) is 11.6 Å². The molecule has 2 N–H and O–H groups in total. The first kappa shape index (κ1) is 16.8. The summed E-state index contributed by atoms with van der Waals surface area (Å²) in [6.45, 7) is 6.20. The number of benzene rings is 1. The lowest BCUT2D eigenvalue weighted by molar-refractivity contribution is 0.0525. The van der Waals surface area contributed by atoms with Gasteiger partial charge in [0.1, 0.15) is 5.60 Å². The number of hydrogen-bond donors (Lipinski definition) is 2. The Labute approximate surface area is 133 Å². The molecule has 0 aliphatic heterocycles. The first-order valence-corrected chi connectivity index (χ1v) is 7.23. The van der Waals surface area contributed by atoms with E-state index in [0.29, 0.717) is 18.7 Å². The van der Waals surface area contributed by atoms with Crippen molar-refractivity contribution in [2.24, 2.45) is 0 Å². The summed E-state index contributed by atoms with van der Waals surface area (Å²) in [5, 5.41) is 16.0. The number of carbonyl (C=O) groups excluding carboxylic acids is 1. The molecule has 2 rings (SSSR count). The van der Waals surface area contributed by atoms with Gasteiger partial charge in [0, 0.05) is 18.3 Å². The van der Waals surface area contributed by atoms with Crippen LogP contribution in [0.1, 0.15) is 20.8 Å². The fourth-order valence-electron chi connectivity index (χ4n) is 1.91. The third kappa shape index (κ3) is 4.98. The minimum Gasteiger partial charge on any atom is -0.505 e. The highest BCUT2D eigenvalue weighted by atomic mass is 19.1. The molecule has 7 heteroatoms. The molecule has 0 spiro atoms. The van der Waals surface area contributed by atoms with E-state index < -0.39 is 17.5 Å². The molecule has 0 atom stereocenters. The smallest absolute Gasteiger partial charge is 0.407 e. The van der Waals surface area contributed by atoms with Crippen LogP contribution in [0.15, 0.2) is 30.6 Å². The second-order valence-electron chi connectivity index (χ2n) is 6.09. The van der Waals surface area contributed by atoms with Gasteiger partial charge in [-0.2, -0.15) is 5.10 Å². The summed E-state index contributed by atoms with van der Waals surface area (Å²) in [6, 6.07) is 4.15. The van der Waals surface area contributed by atoms with E-state index in [-0.39, 0.29) is 5.75 Å². The minimum atomic E-state index is -0.679. The second-order valence-corrected chi connectivity index (χ2v) is 6.09. The van der Waals surface area contributed by atoms with Gasteiger partial charge in [0.25, 0.3) is 0 Å². The summed E-state index contributed by atoms with van der Waals surface area (Å²) in [6.07, 6.45) is 2.85. The quantitative estimate of drug-likeness (QED) is 0.908. The third-order valence-corrected chi connectivity index (χ3v) is 2.92. The average Bonchev–Trinajstić information content (AvgIpc) is 2.88. The Morgan fingerprint density at radius 1 is 1.39 bits per heavy atom. The zero-order valence-electron chi connectivity index (χ0n) is 13.3. The van der Waals surface area contributed by atoms with Gasteiger partial charge >= 0.3 is 6.09 Å². The molecule has 1 amide bonds. The molecule has 0 radical (unpaired) electrons. The zero-order chi connectivity index (χ0) is 17.0. The van der Waals surface area contributed by atoms with Crippen LogP contribution in [0.2, 0.25) is 0 Å². The van der Waals surface area contributed by atoms with E-state index in [9.17, 15) is 14.3 Å². The molecule has 6 nitrogen and oxygen atoms in total. The molecule has 0 aliphatic rings. The SMILES string of the molecule is CC(C)(C)OC(=O)NCCn1cc(-c2ccc(O)c(F)c2)cn1. The topological polar surface area (TPSA) is 76.4 Å². The third-order valence-electron chi connectivity index (χ3n) is 2.92. The maximum atomic E-state index is 13.4. The largest absolute Gasteiger partial charge is 0.505 e. The maximum absolute atomic E-state index is 13.4. The molecule has 124 valence electrons. The van der Waals surface area contributed by atoms with E-state index in [1.807, 2.05) is 0 Å². The molecule has 2 aromatic rings. The fourth-order valence-corrected chi connectivity index (χ4v) is 1.91. The first-order chi connectivity index (χ1) is 10.7. The average molecular weight is 321 g/mol. The fraction of sp³-hybridized carbons (Fsp3) is 0.375. The molecule has 0 aliphatic carbocycles. The van der Waals surface area contributed by atoms with Crippen LogP contribution >= 0.6 is 0 Å². The second kappa shape index (κ2) is 6.68. The van der Waals surface area contributed by atoms with Crippen LogP contribution in [-0.2, 0) is 11.3 Å². The van der Waals surface area contributed by atoms with E-state index in [1.165, 1.54) is 12.1 Å². The molecule has 0 fully saturated rings. The van der Waals surface area contributed by atoms with Crippen LogP contribution in [0.4, 0.5) is 9.18 Å². The Bertz CT molecular complexity index is 692. The number of phenols is 1. The lowest BCUT2D eigenvalue weighted by Gasteiger charge is -2.19. The van der Waals surface area contributed by atoms with Crippen LogP contribution in [-0.4, -0.2) is 33.1 Å². The summed E-state index contributed by atoms with van der Waals surface area (Å²) in [5.74, 6) is -1.07. The molecule has 0 bridgehead atoms. The first-order valence-electron chi connectivity index (χ1n) is 7.23. The van der Waals surface area contributed by atoms with E-state index in [0.717, 1.165) is 5.56 Å². The molecule has 0 saturated carbocycles. The monoisotopic (exact) mass is 321 g/mol. The number of hydrogen-bond acceptors (Lipinski definition) is 4. The summed E-state index contributed by atoms with van der Waals surface area (Å²) >= 11 is 0. The Kier molecular flexibility index (Phi) is 4.88. The van der Waals surface area contributed by atoms with Crippen LogP contribution in [0, 0.1) is 5.82 Å². The number of nitrogens with one attached hydrogen (secondary N) is 1. The number of amides is 1. The number of halogens is 1. The number of rotatable bonds is 4. The Hall–Kier alpha value is -2.57. The Morgan fingerprint density at radius 2 is 2.13 bits per heavy atom. The minimum absolute atomic E-state index is 0.361. The van der Waals surface area contributed by atoms with Gasteiger partial charge in [-0.25, -0.2) is 9.18 Å². The number of aromatic hydroxyl groups is 1.